The third-order valence-electron chi connectivity index (χ3n) is 5.17. The van der Waals surface area contributed by atoms with E-state index >= 15 is 0 Å². The van der Waals surface area contributed by atoms with Gasteiger partial charge in [-0.25, -0.2) is 0 Å². The number of nitrogens with one attached hydrogen (secondary N) is 2. The van der Waals surface area contributed by atoms with Crippen molar-refractivity contribution >= 4 is 24.0 Å². The van der Waals surface area contributed by atoms with Crippen LogP contribution in [0, 0.1) is 5.92 Å². The van der Waals surface area contributed by atoms with Crippen molar-refractivity contribution in [1.82, 2.24) is 5.32 Å². The molecule has 3 unspecified atom stereocenters. The summed E-state index contributed by atoms with van der Waals surface area (Å²) in [6, 6.07) is 8.69. The predicted octanol–water partition coefficient (Wildman–Crippen LogP) is 4.27. The smallest absolute Gasteiger partial charge is 0.241 e. The van der Waals surface area contributed by atoms with E-state index < -0.39 is 0 Å². The lowest BCUT2D eigenvalue weighted by atomic mass is 9.85. The van der Waals surface area contributed by atoms with E-state index in [-0.39, 0.29) is 29.8 Å². The van der Waals surface area contributed by atoms with Crippen molar-refractivity contribution in [3.05, 3.63) is 29.8 Å². The monoisotopic (exact) mass is 336 g/mol. The third-order valence-corrected chi connectivity index (χ3v) is 5.17. The maximum absolute atomic E-state index is 12.7. The molecule has 1 aliphatic heterocycles. The van der Waals surface area contributed by atoms with Crippen molar-refractivity contribution in [3.8, 4) is 0 Å². The zero-order valence-electron chi connectivity index (χ0n) is 14.4. The van der Waals surface area contributed by atoms with Gasteiger partial charge < -0.3 is 10.6 Å². The molecule has 0 radical (unpaired) electrons. The summed E-state index contributed by atoms with van der Waals surface area (Å²) in [6.07, 6.45) is 6.13. The summed E-state index contributed by atoms with van der Waals surface area (Å²) in [5.74, 6) is 0.827. The molecule has 2 aliphatic rings. The highest BCUT2D eigenvalue weighted by Crippen LogP contribution is 2.34. The molecule has 0 aromatic heterocycles. The number of anilines is 1. The van der Waals surface area contributed by atoms with E-state index in [1.54, 1.807) is 0 Å². The Morgan fingerprint density at radius 3 is 2.57 bits per heavy atom. The van der Waals surface area contributed by atoms with Crippen LogP contribution in [0.1, 0.15) is 58.4 Å². The molecule has 1 heterocycles. The highest BCUT2D eigenvalue weighted by Gasteiger charge is 2.38. The van der Waals surface area contributed by atoms with E-state index in [1.807, 2.05) is 18.2 Å². The van der Waals surface area contributed by atoms with Crippen LogP contribution >= 0.6 is 12.4 Å². The molecule has 1 aromatic carbocycles. The van der Waals surface area contributed by atoms with Crippen LogP contribution in [-0.2, 0) is 10.2 Å². The highest BCUT2D eigenvalue weighted by atomic mass is 35.5. The SMILES string of the molecule is CC(C)(C)c1ccccc1NC(=O)C1CC2CCCCC2N1.Cl. The largest absolute Gasteiger partial charge is 0.324 e. The fourth-order valence-corrected chi connectivity index (χ4v) is 3.99. The van der Waals surface area contributed by atoms with Gasteiger partial charge in [-0.3, -0.25) is 4.79 Å². The van der Waals surface area contributed by atoms with Crippen LogP contribution in [-0.4, -0.2) is 18.0 Å². The summed E-state index contributed by atoms with van der Waals surface area (Å²) < 4.78 is 0. The molecule has 2 fully saturated rings. The minimum absolute atomic E-state index is 0. The van der Waals surface area contributed by atoms with E-state index in [9.17, 15) is 4.79 Å². The molecule has 1 amide bonds. The zero-order valence-corrected chi connectivity index (χ0v) is 15.2. The second-order valence-corrected chi connectivity index (χ2v) is 7.89. The number of carbonyl (C=O) groups is 1. The van der Waals surface area contributed by atoms with Crippen molar-refractivity contribution in [2.75, 3.05) is 5.32 Å². The van der Waals surface area contributed by atoms with Gasteiger partial charge >= 0.3 is 0 Å². The predicted molar refractivity (Wildman–Crippen MR) is 98.3 cm³/mol. The number of fused-ring (bicyclic) bond motifs is 1. The summed E-state index contributed by atoms with van der Waals surface area (Å²) in [4.78, 5) is 12.7. The van der Waals surface area contributed by atoms with Gasteiger partial charge in [0.15, 0.2) is 0 Å². The lowest BCUT2D eigenvalue weighted by Crippen LogP contribution is -2.40. The summed E-state index contributed by atoms with van der Waals surface area (Å²) in [6.45, 7) is 6.54. The van der Waals surface area contributed by atoms with Crippen LogP contribution in [0.15, 0.2) is 24.3 Å². The first-order valence-corrected chi connectivity index (χ1v) is 8.61. The quantitative estimate of drug-likeness (QED) is 0.847. The van der Waals surface area contributed by atoms with E-state index in [4.69, 9.17) is 0 Å². The van der Waals surface area contributed by atoms with Gasteiger partial charge in [0, 0.05) is 11.7 Å². The van der Waals surface area contributed by atoms with E-state index in [0.717, 1.165) is 12.1 Å². The van der Waals surface area contributed by atoms with Crippen molar-refractivity contribution in [2.24, 2.45) is 5.92 Å². The zero-order chi connectivity index (χ0) is 15.7. The van der Waals surface area contributed by atoms with Gasteiger partial charge in [0.1, 0.15) is 0 Å². The molecule has 1 aromatic rings. The third kappa shape index (κ3) is 4.07. The Kier molecular flexibility index (Phi) is 5.74. The standard InChI is InChI=1S/C19H28N2O.ClH/c1-19(2,3)14-9-5-7-11-16(14)21-18(22)17-12-13-8-4-6-10-15(13)20-17;/h5,7,9,11,13,15,17,20H,4,6,8,10,12H2,1-3H3,(H,21,22);1H. The Bertz CT molecular complexity index is 539. The molecule has 3 atom stereocenters. The van der Waals surface area contributed by atoms with Crippen molar-refractivity contribution in [3.63, 3.8) is 0 Å². The molecular formula is C19H29ClN2O. The molecule has 1 aliphatic carbocycles. The first kappa shape index (κ1) is 18.3. The molecule has 23 heavy (non-hydrogen) atoms. The Balaban J connectivity index is 0.00000192. The molecule has 0 bridgehead atoms. The van der Waals surface area contributed by atoms with E-state index in [0.29, 0.717) is 12.0 Å². The molecule has 4 heteroatoms. The van der Waals surface area contributed by atoms with Crippen LogP contribution in [0.4, 0.5) is 5.69 Å². The van der Waals surface area contributed by atoms with Crippen LogP contribution in [0.5, 0.6) is 0 Å². The molecule has 1 saturated carbocycles. The maximum Gasteiger partial charge on any atom is 0.241 e. The lowest BCUT2D eigenvalue weighted by molar-refractivity contribution is -0.117. The number of amides is 1. The summed E-state index contributed by atoms with van der Waals surface area (Å²) in [7, 11) is 0. The van der Waals surface area contributed by atoms with Gasteiger partial charge in [-0.2, -0.15) is 0 Å². The first-order chi connectivity index (χ1) is 10.4. The summed E-state index contributed by atoms with van der Waals surface area (Å²) >= 11 is 0. The molecule has 0 spiro atoms. The number of halogens is 1. The molecular weight excluding hydrogens is 308 g/mol. The van der Waals surface area contributed by atoms with E-state index in [2.05, 4.69) is 37.5 Å². The van der Waals surface area contributed by atoms with Gasteiger partial charge in [-0.15, -0.1) is 12.4 Å². The fourth-order valence-electron chi connectivity index (χ4n) is 3.99. The number of hydrogen-bond donors (Lipinski definition) is 2. The van der Waals surface area contributed by atoms with Crippen LogP contribution in [0.2, 0.25) is 0 Å². The van der Waals surface area contributed by atoms with Crippen molar-refractivity contribution in [2.45, 2.75) is 70.4 Å². The topological polar surface area (TPSA) is 41.1 Å². The minimum atomic E-state index is -0.0267. The van der Waals surface area contributed by atoms with E-state index in [1.165, 1.54) is 31.2 Å². The van der Waals surface area contributed by atoms with Gasteiger partial charge in [0.2, 0.25) is 5.91 Å². The van der Waals surface area contributed by atoms with Gasteiger partial charge in [-0.05, 0) is 42.2 Å². The Morgan fingerprint density at radius 1 is 1.17 bits per heavy atom. The van der Waals surface area contributed by atoms with Gasteiger partial charge in [0.25, 0.3) is 0 Å². The number of rotatable bonds is 2. The minimum Gasteiger partial charge on any atom is -0.324 e. The van der Waals surface area contributed by atoms with Crippen LogP contribution in [0.3, 0.4) is 0 Å². The number of hydrogen-bond acceptors (Lipinski definition) is 2. The Morgan fingerprint density at radius 2 is 1.87 bits per heavy atom. The van der Waals surface area contributed by atoms with Crippen molar-refractivity contribution < 1.29 is 4.79 Å². The second-order valence-electron chi connectivity index (χ2n) is 7.89. The maximum atomic E-state index is 12.7. The summed E-state index contributed by atoms with van der Waals surface area (Å²) in [5, 5.41) is 6.73. The highest BCUT2D eigenvalue weighted by molar-refractivity contribution is 5.96. The molecule has 3 nitrogen and oxygen atoms in total. The van der Waals surface area contributed by atoms with Crippen molar-refractivity contribution in [1.29, 1.82) is 0 Å². The normalized spacial score (nSPS) is 27.0. The summed E-state index contributed by atoms with van der Waals surface area (Å²) in [5.41, 5.74) is 2.18. The van der Waals surface area contributed by atoms with Crippen LogP contribution in [0.25, 0.3) is 0 Å². The number of para-hydroxylation sites is 1. The fraction of sp³-hybridized carbons (Fsp3) is 0.632. The molecule has 3 rings (SSSR count). The number of carbonyl (C=O) groups excluding carboxylic acids is 1. The number of benzene rings is 1. The van der Waals surface area contributed by atoms with Gasteiger partial charge in [0.05, 0.1) is 6.04 Å². The average Bonchev–Trinajstić information content (AvgIpc) is 2.90. The molecule has 1 saturated heterocycles. The van der Waals surface area contributed by atoms with Gasteiger partial charge in [-0.1, -0.05) is 51.8 Å². The first-order valence-electron chi connectivity index (χ1n) is 8.61. The Labute approximate surface area is 146 Å². The molecule has 128 valence electrons. The Hall–Kier alpha value is -1.06. The average molecular weight is 337 g/mol. The second kappa shape index (κ2) is 7.23. The molecule has 2 N–H and O–H groups in total. The lowest BCUT2D eigenvalue weighted by Gasteiger charge is -2.24. The van der Waals surface area contributed by atoms with Crippen LogP contribution < -0.4 is 10.6 Å².